The molecule has 0 aliphatic heterocycles. The van der Waals surface area contributed by atoms with Gasteiger partial charge in [0.15, 0.2) is 5.82 Å². The minimum absolute atomic E-state index is 0. The van der Waals surface area contributed by atoms with E-state index in [2.05, 4.69) is 10.1 Å². The minimum Gasteiger partial charge on any atom is -0.542 e. The fraction of sp³-hybridized carbons (Fsp3) is 0.250. The number of hydrogen-bond donors (Lipinski definition) is 0. The van der Waals surface area contributed by atoms with E-state index in [0.717, 1.165) is 4.68 Å². The molecular weight excluding hydrogens is 197 g/mol. The molecule has 0 aliphatic rings. The molecule has 11 heavy (non-hydrogen) atoms. The standard InChI is InChI=1S/C4H4ClN3O2.K/c1-8-2(3(9)10)6-4(5)7-8;/h1H3,(H,9,10);/q;+1/p-1. The summed E-state index contributed by atoms with van der Waals surface area (Å²) in [5, 5.41) is 13.5. The molecule has 0 saturated carbocycles. The number of rotatable bonds is 1. The molecule has 0 bridgehead atoms. The molecule has 5 nitrogen and oxygen atoms in total. The van der Waals surface area contributed by atoms with Gasteiger partial charge < -0.3 is 9.90 Å². The summed E-state index contributed by atoms with van der Waals surface area (Å²) in [5.41, 5.74) is 0. The maximum atomic E-state index is 10.1. The summed E-state index contributed by atoms with van der Waals surface area (Å²) < 4.78 is 1.04. The Kier molecular flexibility index (Phi) is 4.76. The molecule has 1 aromatic heterocycles. The molecule has 54 valence electrons. The molecule has 0 amide bonds. The Labute approximate surface area is 110 Å². The van der Waals surface area contributed by atoms with Gasteiger partial charge in [-0.3, -0.25) is 0 Å². The number of carbonyl (C=O) groups is 1. The second-order valence-corrected chi connectivity index (χ2v) is 1.95. The first-order valence-electron chi connectivity index (χ1n) is 2.39. The quantitative estimate of drug-likeness (QED) is 0.431. The van der Waals surface area contributed by atoms with E-state index in [1.165, 1.54) is 7.05 Å². The average molecular weight is 200 g/mol. The van der Waals surface area contributed by atoms with E-state index in [4.69, 9.17) is 11.6 Å². The zero-order chi connectivity index (χ0) is 7.72. The number of halogens is 1. The van der Waals surface area contributed by atoms with Crippen LogP contribution in [0, 0.1) is 0 Å². The van der Waals surface area contributed by atoms with Crippen LogP contribution in [0.15, 0.2) is 0 Å². The minimum atomic E-state index is -1.39. The summed E-state index contributed by atoms with van der Waals surface area (Å²) in [6.07, 6.45) is 0. The monoisotopic (exact) mass is 199 g/mol. The number of hydrogen-bond acceptors (Lipinski definition) is 4. The first-order valence-corrected chi connectivity index (χ1v) is 2.77. The molecule has 0 atom stereocenters. The van der Waals surface area contributed by atoms with E-state index in [9.17, 15) is 9.90 Å². The summed E-state index contributed by atoms with van der Waals surface area (Å²) >= 11 is 5.28. The van der Waals surface area contributed by atoms with E-state index >= 15 is 0 Å². The Morgan fingerprint density at radius 3 is 2.45 bits per heavy atom. The summed E-state index contributed by atoms with van der Waals surface area (Å²) in [4.78, 5) is 13.5. The molecule has 0 aliphatic carbocycles. The first kappa shape index (κ1) is 11.5. The Hall–Kier alpha value is 0.536. The van der Waals surface area contributed by atoms with Crippen molar-refractivity contribution >= 4 is 17.6 Å². The van der Waals surface area contributed by atoms with Gasteiger partial charge >= 0.3 is 51.4 Å². The Morgan fingerprint density at radius 1 is 1.73 bits per heavy atom. The third-order valence-electron chi connectivity index (χ3n) is 0.920. The van der Waals surface area contributed by atoms with Crippen molar-refractivity contribution in [2.24, 2.45) is 7.05 Å². The molecule has 0 unspecified atom stereocenters. The van der Waals surface area contributed by atoms with E-state index in [1.807, 2.05) is 0 Å². The molecule has 0 aromatic carbocycles. The summed E-state index contributed by atoms with van der Waals surface area (Å²) in [5.74, 6) is -1.66. The van der Waals surface area contributed by atoms with Gasteiger partial charge in [-0.1, -0.05) is 0 Å². The molecule has 0 spiro atoms. The molecule has 1 rings (SSSR count). The summed E-state index contributed by atoms with van der Waals surface area (Å²) in [7, 11) is 1.42. The van der Waals surface area contributed by atoms with E-state index in [-0.39, 0.29) is 62.5 Å². The number of aryl methyl sites for hydroxylation is 1. The van der Waals surface area contributed by atoms with Crippen molar-refractivity contribution in [2.75, 3.05) is 0 Å². The van der Waals surface area contributed by atoms with Gasteiger partial charge in [-0.25, -0.2) is 4.68 Å². The largest absolute Gasteiger partial charge is 1.00 e. The van der Waals surface area contributed by atoms with Crippen LogP contribution in [0.3, 0.4) is 0 Å². The summed E-state index contributed by atoms with van der Waals surface area (Å²) in [6.45, 7) is 0. The van der Waals surface area contributed by atoms with Crippen molar-refractivity contribution in [1.82, 2.24) is 14.8 Å². The van der Waals surface area contributed by atoms with Crippen LogP contribution in [0.4, 0.5) is 0 Å². The van der Waals surface area contributed by atoms with E-state index in [1.54, 1.807) is 0 Å². The van der Waals surface area contributed by atoms with Crippen LogP contribution in [0.25, 0.3) is 0 Å². The maximum absolute atomic E-state index is 10.1. The van der Waals surface area contributed by atoms with Crippen LogP contribution >= 0.6 is 11.6 Å². The van der Waals surface area contributed by atoms with Crippen LogP contribution in [0.5, 0.6) is 0 Å². The van der Waals surface area contributed by atoms with Crippen molar-refractivity contribution in [3.63, 3.8) is 0 Å². The van der Waals surface area contributed by atoms with Crippen molar-refractivity contribution in [3.05, 3.63) is 11.1 Å². The van der Waals surface area contributed by atoms with Crippen molar-refractivity contribution < 1.29 is 61.3 Å². The number of nitrogens with zero attached hydrogens (tertiary/aromatic N) is 3. The van der Waals surface area contributed by atoms with Gasteiger partial charge in [-0.15, -0.1) is 5.10 Å². The normalized spacial score (nSPS) is 8.91. The zero-order valence-corrected chi connectivity index (χ0v) is 9.92. The van der Waals surface area contributed by atoms with Crippen molar-refractivity contribution in [1.29, 1.82) is 0 Å². The number of carbonyl (C=O) groups excluding carboxylic acids is 1. The number of aromatic nitrogens is 3. The van der Waals surface area contributed by atoms with Crippen LogP contribution in [-0.2, 0) is 7.05 Å². The predicted octanol–water partition coefficient (Wildman–Crippen LogP) is -4.16. The molecule has 0 fully saturated rings. The van der Waals surface area contributed by atoms with Crippen molar-refractivity contribution in [3.8, 4) is 0 Å². The molecule has 0 radical (unpaired) electrons. The molecule has 0 N–H and O–H groups in total. The summed E-state index contributed by atoms with van der Waals surface area (Å²) in [6, 6.07) is 0. The number of aromatic carboxylic acids is 1. The third-order valence-corrected chi connectivity index (χ3v) is 1.08. The van der Waals surface area contributed by atoms with Crippen LogP contribution in [0.1, 0.15) is 10.6 Å². The Bertz CT molecular complexity index is 274. The fourth-order valence-electron chi connectivity index (χ4n) is 0.531. The SMILES string of the molecule is Cn1nc(Cl)nc1C(=O)[O-].[K+]. The van der Waals surface area contributed by atoms with Gasteiger partial charge in [0.05, 0.1) is 0 Å². The number of carboxylic acids is 1. The smallest absolute Gasteiger partial charge is 0.542 e. The molecule has 1 aromatic rings. The second kappa shape index (κ2) is 4.53. The van der Waals surface area contributed by atoms with Gasteiger partial charge in [0.1, 0.15) is 5.97 Å². The zero-order valence-electron chi connectivity index (χ0n) is 6.04. The van der Waals surface area contributed by atoms with Crippen LogP contribution < -0.4 is 56.5 Å². The van der Waals surface area contributed by atoms with Gasteiger partial charge in [-0.05, 0) is 11.6 Å². The maximum Gasteiger partial charge on any atom is 1.00 e. The fourth-order valence-corrected chi connectivity index (χ4v) is 0.724. The molecule has 1 heterocycles. The molecule has 7 heteroatoms. The Balaban J connectivity index is 0.000001000. The van der Waals surface area contributed by atoms with Crippen LogP contribution in [-0.4, -0.2) is 20.7 Å². The topological polar surface area (TPSA) is 70.8 Å². The van der Waals surface area contributed by atoms with Gasteiger partial charge in [0.2, 0.25) is 5.28 Å². The Morgan fingerprint density at radius 2 is 2.27 bits per heavy atom. The van der Waals surface area contributed by atoms with E-state index < -0.39 is 5.97 Å². The van der Waals surface area contributed by atoms with Crippen molar-refractivity contribution in [2.45, 2.75) is 0 Å². The van der Waals surface area contributed by atoms with Gasteiger partial charge in [0.25, 0.3) is 0 Å². The first-order chi connectivity index (χ1) is 4.61. The molecule has 0 saturated heterocycles. The van der Waals surface area contributed by atoms with Crippen LogP contribution in [0.2, 0.25) is 5.28 Å². The number of carboxylic acid groups (broad SMARTS) is 1. The van der Waals surface area contributed by atoms with Gasteiger partial charge in [-0.2, -0.15) is 4.98 Å². The third kappa shape index (κ3) is 2.81. The van der Waals surface area contributed by atoms with Gasteiger partial charge in [0, 0.05) is 7.05 Å². The predicted molar refractivity (Wildman–Crippen MR) is 30.3 cm³/mol. The van der Waals surface area contributed by atoms with E-state index in [0.29, 0.717) is 0 Å². The molecular formula is C4H3ClKN3O2. The second-order valence-electron chi connectivity index (χ2n) is 1.62. The average Bonchev–Trinajstić information content (AvgIpc) is 2.10.